The molecule has 0 spiro atoms. The predicted octanol–water partition coefficient (Wildman–Crippen LogP) is 5.82. The van der Waals surface area contributed by atoms with Gasteiger partial charge in [0, 0.05) is 5.56 Å². The molecule has 1 atom stereocenters. The Morgan fingerprint density at radius 3 is 2.33 bits per heavy atom. The fourth-order valence-corrected chi connectivity index (χ4v) is 3.82. The highest BCUT2D eigenvalue weighted by atomic mass is 14.8. The van der Waals surface area contributed by atoms with Gasteiger partial charge in [-0.25, -0.2) is 0 Å². The molecule has 1 nitrogen and oxygen atoms in total. The van der Waals surface area contributed by atoms with Gasteiger partial charge in [0.05, 0.1) is 0 Å². The van der Waals surface area contributed by atoms with E-state index >= 15 is 0 Å². The van der Waals surface area contributed by atoms with Gasteiger partial charge in [-0.2, -0.15) is 0 Å². The minimum absolute atomic E-state index is 0.108. The first-order valence-corrected chi connectivity index (χ1v) is 9.78. The number of rotatable bonds is 8. The fraction of sp³-hybridized carbons (Fsp3) is 0.385. The molecule has 2 rings (SSSR count). The van der Waals surface area contributed by atoms with Crippen LogP contribution in [-0.2, 0) is 11.8 Å². The van der Waals surface area contributed by atoms with E-state index in [1.165, 1.54) is 27.8 Å². The van der Waals surface area contributed by atoms with Crippen molar-refractivity contribution in [1.29, 1.82) is 0 Å². The number of hydrogen-bond acceptors (Lipinski definition) is 1. The van der Waals surface area contributed by atoms with Crippen LogP contribution < -0.4 is 5.32 Å². The molecule has 2 aromatic rings. The Kier molecular flexibility index (Phi) is 7.05. The van der Waals surface area contributed by atoms with Crippen molar-refractivity contribution in [1.82, 2.24) is 5.32 Å². The second-order valence-corrected chi connectivity index (χ2v) is 8.01. The van der Waals surface area contributed by atoms with Crippen molar-refractivity contribution < 1.29 is 0 Å². The molecule has 2 aromatic carbocycles. The second kappa shape index (κ2) is 9.07. The number of terminal acetylenes is 1. The first-order chi connectivity index (χ1) is 12.8. The Balaban J connectivity index is 2.30. The lowest BCUT2D eigenvalue weighted by Crippen LogP contribution is -2.28. The second-order valence-electron chi connectivity index (χ2n) is 8.01. The van der Waals surface area contributed by atoms with Crippen LogP contribution >= 0.6 is 0 Å². The smallest absolute Gasteiger partial charge is 0.0242 e. The summed E-state index contributed by atoms with van der Waals surface area (Å²) >= 11 is 0. The SMILES string of the molecule is C#Cc1ccc(C(C)(CCNC)CCc2cc(C(=C)C)c(C)cc2C)cc1. The molecule has 27 heavy (non-hydrogen) atoms. The summed E-state index contributed by atoms with van der Waals surface area (Å²) in [6.07, 6.45) is 8.78. The van der Waals surface area contributed by atoms with Crippen molar-refractivity contribution >= 4 is 5.57 Å². The van der Waals surface area contributed by atoms with E-state index in [9.17, 15) is 0 Å². The quantitative estimate of drug-likeness (QED) is 0.586. The molecule has 0 heterocycles. The van der Waals surface area contributed by atoms with Gasteiger partial charge in [-0.15, -0.1) is 6.42 Å². The van der Waals surface area contributed by atoms with Gasteiger partial charge in [0.1, 0.15) is 0 Å². The molecule has 0 saturated heterocycles. The molecular weight excluding hydrogens is 326 g/mol. The fourth-order valence-electron chi connectivity index (χ4n) is 3.82. The number of aryl methyl sites for hydroxylation is 3. The van der Waals surface area contributed by atoms with Gasteiger partial charge in [0.15, 0.2) is 0 Å². The molecule has 0 aliphatic carbocycles. The van der Waals surface area contributed by atoms with Crippen LogP contribution in [0.3, 0.4) is 0 Å². The van der Waals surface area contributed by atoms with E-state index in [1.54, 1.807) is 0 Å². The molecule has 1 unspecified atom stereocenters. The molecule has 0 amide bonds. The van der Waals surface area contributed by atoms with Crippen molar-refractivity contribution in [3.63, 3.8) is 0 Å². The molecular formula is C26H33N. The van der Waals surface area contributed by atoms with E-state index in [1.807, 2.05) is 7.05 Å². The van der Waals surface area contributed by atoms with Crippen molar-refractivity contribution in [3.05, 3.63) is 76.4 Å². The highest BCUT2D eigenvalue weighted by molar-refractivity contribution is 5.65. The summed E-state index contributed by atoms with van der Waals surface area (Å²) in [4.78, 5) is 0. The van der Waals surface area contributed by atoms with Crippen LogP contribution in [0.25, 0.3) is 5.57 Å². The van der Waals surface area contributed by atoms with E-state index in [2.05, 4.69) is 81.9 Å². The third-order valence-electron chi connectivity index (χ3n) is 5.76. The first kappa shape index (κ1) is 21.0. The lowest BCUT2D eigenvalue weighted by atomic mass is 9.74. The monoisotopic (exact) mass is 359 g/mol. The maximum Gasteiger partial charge on any atom is 0.0242 e. The largest absolute Gasteiger partial charge is 0.320 e. The van der Waals surface area contributed by atoms with E-state index in [0.717, 1.165) is 36.9 Å². The minimum atomic E-state index is 0.108. The van der Waals surface area contributed by atoms with Gasteiger partial charge in [0.2, 0.25) is 0 Å². The van der Waals surface area contributed by atoms with Crippen LogP contribution in [-0.4, -0.2) is 13.6 Å². The average molecular weight is 360 g/mol. The van der Waals surface area contributed by atoms with Crippen molar-refractivity contribution in [2.45, 2.75) is 52.4 Å². The summed E-state index contributed by atoms with van der Waals surface area (Å²) in [5.74, 6) is 2.72. The van der Waals surface area contributed by atoms with Gasteiger partial charge in [-0.05, 0) is 99.0 Å². The Labute approximate surface area is 165 Å². The lowest BCUT2D eigenvalue weighted by Gasteiger charge is -2.31. The van der Waals surface area contributed by atoms with E-state index in [4.69, 9.17) is 6.42 Å². The molecule has 0 bridgehead atoms. The normalized spacial score (nSPS) is 13.0. The standard InChI is InChI=1S/C26H33N/c1-8-22-9-11-24(12-10-22)26(6,15-16-27-7)14-13-23-18-25(19(2)3)21(5)17-20(23)4/h1,9-12,17-18,27H,2,13-16H2,3-7H3. The lowest BCUT2D eigenvalue weighted by molar-refractivity contribution is 0.395. The van der Waals surface area contributed by atoms with E-state index in [-0.39, 0.29) is 5.41 Å². The molecule has 142 valence electrons. The molecule has 0 fully saturated rings. The molecule has 1 N–H and O–H groups in total. The maximum atomic E-state index is 5.52. The van der Waals surface area contributed by atoms with E-state index < -0.39 is 0 Å². The van der Waals surface area contributed by atoms with Gasteiger partial charge in [0.25, 0.3) is 0 Å². The van der Waals surface area contributed by atoms with Gasteiger partial charge >= 0.3 is 0 Å². The summed E-state index contributed by atoms with van der Waals surface area (Å²) < 4.78 is 0. The number of allylic oxidation sites excluding steroid dienone is 1. The van der Waals surface area contributed by atoms with Crippen LogP contribution in [0.2, 0.25) is 0 Å². The summed E-state index contributed by atoms with van der Waals surface area (Å²) in [6.45, 7) is 14.0. The topological polar surface area (TPSA) is 12.0 Å². The molecule has 0 aliphatic heterocycles. The zero-order valence-corrected chi connectivity index (χ0v) is 17.6. The highest BCUT2D eigenvalue weighted by Crippen LogP contribution is 2.34. The summed E-state index contributed by atoms with van der Waals surface area (Å²) in [7, 11) is 2.02. The molecule has 0 aromatic heterocycles. The zero-order chi connectivity index (χ0) is 20.0. The molecule has 1 heteroatoms. The molecule has 0 saturated carbocycles. The molecule has 0 radical (unpaired) electrons. The summed E-state index contributed by atoms with van der Waals surface area (Å²) in [5, 5.41) is 3.31. The summed E-state index contributed by atoms with van der Waals surface area (Å²) in [5.41, 5.74) is 8.94. The third-order valence-corrected chi connectivity index (χ3v) is 5.76. The predicted molar refractivity (Wildman–Crippen MR) is 119 cm³/mol. The Morgan fingerprint density at radius 2 is 1.78 bits per heavy atom. The number of hydrogen-bond donors (Lipinski definition) is 1. The maximum absolute atomic E-state index is 5.52. The molecule has 0 aliphatic rings. The van der Waals surface area contributed by atoms with Crippen molar-refractivity contribution in [3.8, 4) is 12.3 Å². The van der Waals surface area contributed by atoms with Crippen molar-refractivity contribution in [2.75, 3.05) is 13.6 Å². The Bertz CT molecular complexity index is 836. The highest BCUT2D eigenvalue weighted by Gasteiger charge is 2.26. The van der Waals surface area contributed by atoms with Crippen LogP contribution in [0.4, 0.5) is 0 Å². The third kappa shape index (κ3) is 5.12. The average Bonchev–Trinajstić information content (AvgIpc) is 2.65. The number of nitrogens with one attached hydrogen (secondary N) is 1. The van der Waals surface area contributed by atoms with Crippen LogP contribution in [0, 0.1) is 26.2 Å². The van der Waals surface area contributed by atoms with Crippen LogP contribution in [0.15, 0.2) is 43.0 Å². The van der Waals surface area contributed by atoms with Crippen molar-refractivity contribution in [2.24, 2.45) is 0 Å². The number of benzene rings is 2. The first-order valence-electron chi connectivity index (χ1n) is 9.78. The minimum Gasteiger partial charge on any atom is -0.320 e. The zero-order valence-electron chi connectivity index (χ0n) is 17.6. The van der Waals surface area contributed by atoms with Gasteiger partial charge in [-0.1, -0.05) is 49.3 Å². The van der Waals surface area contributed by atoms with Gasteiger partial charge in [-0.3, -0.25) is 0 Å². The Hall–Kier alpha value is -2.30. The Morgan fingerprint density at radius 1 is 1.11 bits per heavy atom. The van der Waals surface area contributed by atoms with Crippen LogP contribution in [0.1, 0.15) is 60.1 Å². The van der Waals surface area contributed by atoms with Gasteiger partial charge < -0.3 is 5.32 Å². The summed E-state index contributed by atoms with van der Waals surface area (Å²) in [6, 6.07) is 13.2. The van der Waals surface area contributed by atoms with E-state index in [0.29, 0.717) is 0 Å². The van der Waals surface area contributed by atoms with Crippen LogP contribution in [0.5, 0.6) is 0 Å².